The Morgan fingerprint density at radius 3 is 2.87 bits per heavy atom. The van der Waals surface area contributed by atoms with Gasteiger partial charge in [0.25, 0.3) is 0 Å². The molecule has 5 rings (SSSR count). The Kier molecular flexibility index (Phi) is 5.12. The summed E-state index contributed by atoms with van der Waals surface area (Å²) in [4.78, 5) is 25.8. The molecular formula is C23H28N6O. The molecule has 7 nitrogen and oxygen atoms in total. The SMILES string of the molecule is CNc1cc([C@@H](Cc2c[nH]c3ccccc23)NC(=O)[C@@H]2CCCN2)nc(C2CC2)n1. The number of hydrogen-bond acceptors (Lipinski definition) is 5. The largest absolute Gasteiger partial charge is 0.373 e. The van der Waals surface area contributed by atoms with E-state index in [9.17, 15) is 4.79 Å². The first-order valence-electron chi connectivity index (χ1n) is 10.9. The van der Waals surface area contributed by atoms with Gasteiger partial charge in [0.1, 0.15) is 11.6 Å². The summed E-state index contributed by atoms with van der Waals surface area (Å²) in [6, 6.07) is 9.89. The van der Waals surface area contributed by atoms with Crippen LogP contribution in [0.4, 0.5) is 5.82 Å². The minimum atomic E-state index is -0.216. The summed E-state index contributed by atoms with van der Waals surface area (Å²) in [5.41, 5.74) is 3.15. The van der Waals surface area contributed by atoms with E-state index in [4.69, 9.17) is 4.98 Å². The summed E-state index contributed by atoms with van der Waals surface area (Å²) in [7, 11) is 1.87. The van der Waals surface area contributed by atoms with Gasteiger partial charge in [0.2, 0.25) is 5.91 Å². The van der Waals surface area contributed by atoms with Crippen molar-refractivity contribution in [2.75, 3.05) is 18.9 Å². The maximum atomic E-state index is 13.0. The first kappa shape index (κ1) is 19.1. The topological polar surface area (TPSA) is 94.7 Å². The summed E-state index contributed by atoms with van der Waals surface area (Å²) >= 11 is 0. The van der Waals surface area contributed by atoms with Crippen molar-refractivity contribution in [2.24, 2.45) is 0 Å². The molecule has 1 aromatic carbocycles. The van der Waals surface area contributed by atoms with Gasteiger partial charge >= 0.3 is 0 Å². The maximum absolute atomic E-state index is 13.0. The van der Waals surface area contributed by atoms with Gasteiger partial charge in [0.05, 0.1) is 17.8 Å². The summed E-state index contributed by atoms with van der Waals surface area (Å²) in [5, 5.41) is 10.9. The second-order valence-electron chi connectivity index (χ2n) is 8.33. The Morgan fingerprint density at radius 2 is 2.10 bits per heavy atom. The predicted octanol–water partition coefficient (Wildman–Crippen LogP) is 3.03. The van der Waals surface area contributed by atoms with Crippen molar-refractivity contribution in [3.8, 4) is 0 Å². The smallest absolute Gasteiger partial charge is 0.237 e. The Bertz CT molecular complexity index is 1050. The average molecular weight is 405 g/mol. The molecule has 0 spiro atoms. The van der Waals surface area contributed by atoms with Crippen LogP contribution in [0.2, 0.25) is 0 Å². The first-order chi connectivity index (χ1) is 14.7. The van der Waals surface area contributed by atoms with Crippen molar-refractivity contribution in [3.05, 3.63) is 53.6 Å². The molecule has 0 unspecified atom stereocenters. The Hall–Kier alpha value is -2.93. The van der Waals surface area contributed by atoms with Gasteiger partial charge in [-0.1, -0.05) is 18.2 Å². The fourth-order valence-electron chi connectivity index (χ4n) is 4.25. The fourth-order valence-corrected chi connectivity index (χ4v) is 4.25. The van der Waals surface area contributed by atoms with Crippen LogP contribution in [0.3, 0.4) is 0 Å². The summed E-state index contributed by atoms with van der Waals surface area (Å²) in [6.45, 7) is 0.897. The number of rotatable bonds is 7. The highest BCUT2D eigenvalue weighted by atomic mass is 16.2. The van der Waals surface area contributed by atoms with E-state index in [1.165, 1.54) is 10.9 Å². The van der Waals surface area contributed by atoms with Gasteiger partial charge in [-0.15, -0.1) is 0 Å². The van der Waals surface area contributed by atoms with E-state index in [1.807, 2.05) is 31.4 Å². The van der Waals surface area contributed by atoms with Crippen LogP contribution in [0.15, 0.2) is 36.5 Å². The van der Waals surface area contributed by atoms with Gasteiger partial charge in [-0.25, -0.2) is 9.97 Å². The number of carbonyl (C=O) groups is 1. The van der Waals surface area contributed by atoms with Crippen LogP contribution in [-0.2, 0) is 11.2 Å². The molecule has 0 bridgehead atoms. The lowest BCUT2D eigenvalue weighted by Gasteiger charge is -2.22. The number of benzene rings is 1. The van der Waals surface area contributed by atoms with Gasteiger partial charge in [0.15, 0.2) is 0 Å². The zero-order valence-corrected chi connectivity index (χ0v) is 17.2. The molecule has 1 amide bonds. The zero-order valence-electron chi connectivity index (χ0n) is 17.2. The molecule has 3 heterocycles. The number of fused-ring (bicyclic) bond motifs is 1. The van der Waals surface area contributed by atoms with Gasteiger partial charge < -0.3 is 20.9 Å². The third-order valence-corrected chi connectivity index (χ3v) is 6.11. The van der Waals surface area contributed by atoms with Crippen LogP contribution < -0.4 is 16.0 Å². The van der Waals surface area contributed by atoms with Crippen LogP contribution in [0.25, 0.3) is 10.9 Å². The Morgan fingerprint density at radius 1 is 1.23 bits per heavy atom. The minimum Gasteiger partial charge on any atom is -0.373 e. The third-order valence-electron chi connectivity index (χ3n) is 6.11. The zero-order chi connectivity index (χ0) is 20.5. The molecule has 1 aliphatic carbocycles. The Labute approximate surface area is 176 Å². The molecule has 7 heteroatoms. The van der Waals surface area contributed by atoms with Crippen LogP contribution in [-0.4, -0.2) is 40.5 Å². The molecule has 1 aliphatic heterocycles. The monoisotopic (exact) mass is 404 g/mol. The van der Waals surface area contributed by atoms with Crippen LogP contribution in [0, 0.1) is 0 Å². The van der Waals surface area contributed by atoms with E-state index in [0.29, 0.717) is 12.3 Å². The van der Waals surface area contributed by atoms with E-state index < -0.39 is 0 Å². The fraction of sp³-hybridized carbons (Fsp3) is 0.435. The van der Waals surface area contributed by atoms with Crippen LogP contribution >= 0.6 is 0 Å². The lowest BCUT2D eigenvalue weighted by atomic mass is 10.0. The van der Waals surface area contributed by atoms with Gasteiger partial charge in [-0.05, 0) is 43.9 Å². The number of para-hydroxylation sites is 1. The molecule has 1 saturated heterocycles. The number of amides is 1. The van der Waals surface area contributed by atoms with Gasteiger partial charge in [0, 0.05) is 42.6 Å². The predicted molar refractivity (Wildman–Crippen MR) is 117 cm³/mol. The van der Waals surface area contributed by atoms with Crippen molar-refractivity contribution in [3.63, 3.8) is 0 Å². The average Bonchev–Trinajstić information content (AvgIpc) is 3.33. The second-order valence-corrected chi connectivity index (χ2v) is 8.33. The number of H-pyrrole nitrogens is 1. The summed E-state index contributed by atoms with van der Waals surface area (Å²) < 4.78 is 0. The van der Waals surface area contributed by atoms with E-state index >= 15 is 0 Å². The van der Waals surface area contributed by atoms with Crippen molar-refractivity contribution in [2.45, 2.75) is 50.1 Å². The van der Waals surface area contributed by atoms with Crippen LogP contribution in [0.1, 0.15) is 54.7 Å². The van der Waals surface area contributed by atoms with Crippen molar-refractivity contribution in [1.29, 1.82) is 0 Å². The van der Waals surface area contributed by atoms with Gasteiger partial charge in [-0.2, -0.15) is 0 Å². The summed E-state index contributed by atoms with van der Waals surface area (Å²) in [6.07, 6.45) is 6.90. The van der Waals surface area contributed by atoms with E-state index in [2.05, 4.69) is 38.1 Å². The maximum Gasteiger partial charge on any atom is 0.237 e. The van der Waals surface area contributed by atoms with E-state index in [1.54, 1.807) is 0 Å². The summed E-state index contributed by atoms with van der Waals surface area (Å²) in [5.74, 6) is 2.18. The molecule has 3 aromatic rings. The van der Waals surface area contributed by atoms with Crippen LogP contribution in [0.5, 0.6) is 0 Å². The molecule has 2 aromatic heterocycles. The number of anilines is 1. The van der Waals surface area contributed by atoms with Crippen molar-refractivity contribution < 1.29 is 4.79 Å². The highest BCUT2D eigenvalue weighted by molar-refractivity contribution is 5.84. The number of nitrogens with zero attached hydrogens (tertiary/aromatic N) is 2. The lowest BCUT2D eigenvalue weighted by Crippen LogP contribution is -2.42. The van der Waals surface area contributed by atoms with E-state index in [0.717, 1.165) is 55.1 Å². The molecule has 0 radical (unpaired) electrons. The quantitative estimate of drug-likeness (QED) is 0.486. The standard InChI is InChI=1S/C23H28N6O/c1-24-21-12-20(27-22(29-21)14-8-9-14)19(28-23(30)18-7-4-10-25-18)11-15-13-26-17-6-3-2-5-16(15)17/h2-3,5-6,12-14,18-19,25-26H,4,7-11H2,1H3,(H,28,30)(H,24,27,29)/t18-,19+/m0/s1. The molecule has 2 aliphatic rings. The molecule has 1 saturated carbocycles. The highest BCUT2D eigenvalue weighted by Crippen LogP contribution is 2.39. The number of aromatic nitrogens is 3. The van der Waals surface area contributed by atoms with Crippen molar-refractivity contribution >= 4 is 22.6 Å². The highest BCUT2D eigenvalue weighted by Gasteiger charge is 2.30. The first-order valence-corrected chi connectivity index (χ1v) is 10.9. The normalized spacial score (nSPS) is 19.7. The second kappa shape index (κ2) is 8.07. The number of nitrogens with one attached hydrogen (secondary N) is 4. The lowest BCUT2D eigenvalue weighted by molar-refractivity contribution is -0.123. The molecular weight excluding hydrogens is 376 g/mol. The number of aromatic amines is 1. The minimum absolute atomic E-state index is 0.0509. The molecule has 156 valence electrons. The van der Waals surface area contributed by atoms with Gasteiger partial charge in [-0.3, -0.25) is 4.79 Å². The third kappa shape index (κ3) is 3.89. The number of carbonyl (C=O) groups excluding carboxylic acids is 1. The van der Waals surface area contributed by atoms with Crippen molar-refractivity contribution in [1.82, 2.24) is 25.6 Å². The number of hydrogen-bond donors (Lipinski definition) is 4. The Balaban J connectivity index is 1.49. The molecule has 2 atom stereocenters. The molecule has 2 fully saturated rings. The van der Waals surface area contributed by atoms with E-state index in [-0.39, 0.29) is 18.0 Å². The molecule has 30 heavy (non-hydrogen) atoms. The molecule has 4 N–H and O–H groups in total.